The lowest BCUT2D eigenvalue weighted by Gasteiger charge is -2.44. The van der Waals surface area contributed by atoms with Crippen LogP contribution in [0.25, 0.3) is 0 Å². The van der Waals surface area contributed by atoms with E-state index in [1.54, 1.807) is 30.3 Å². The van der Waals surface area contributed by atoms with Gasteiger partial charge in [-0.15, -0.1) is 0 Å². The van der Waals surface area contributed by atoms with Gasteiger partial charge in [0.25, 0.3) is 0 Å². The minimum Gasteiger partial charge on any atom is -0.454 e. The van der Waals surface area contributed by atoms with E-state index in [4.69, 9.17) is 18.9 Å². The minimum absolute atomic E-state index is 0.0647. The number of benzene rings is 2. The molecule has 1 aliphatic carbocycles. The van der Waals surface area contributed by atoms with Crippen LogP contribution in [-0.4, -0.2) is 55.5 Å². The molecule has 4 atom stereocenters. The van der Waals surface area contributed by atoms with Crippen LogP contribution in [0.15, 0.2) is 52.5 Å². The molecule has 3 aliphatic heterocycles. The first-order valence-electron chi connectivity index (χ1n) is 10.5. The summed E-state index contributed by atoms with van der Waals surface area (Å²) in [5.74, 6) is 0.102. The monoisotopic (exact) mass is 497 g/mol. The van der Waals surface area contributed by atoms with Gasteiger partial charge in [0.15, 0.2) is 23.7 Å². The molecule has 32 heavy (non-hydrogen) atoms. The molecule has 0 radical (unpaired) electrons. The molecule has 2 aromatic carbocycles. The van der Waals surface area contributed by atoms with Crippen molar-refractivity contribution in [1.82, 2.24) is 4.90 Å². The summed E-state index contributed by atoms with van der Waals surface area (Å²) in [7, 11) is 2.07. The quantitative estimate of drug-likeness (QED) is 0.462. The van der Waals surface area contributed by atoms with E-state index in [0.29, 0.717) is 22.6 Å². The Morgan fingerprint density at radius 1 is 1.16 bits per heavy atom. The zero-order chi connectivity index (χ0) is 22.0. The molecule has 0 unspecified atom stereocenters. The molecule has 1 saturated heterocycles. The molecule has 0 spiro atoms. The number of likely N-dealkylation sites (N-methyl/N-ethyl adjacent to an activating group) is 1. The number of nitrogens with zero attached hydrogens (tertiary/aromatic N) is 1. The van der Waals surface area contributed by atoms with E-state index in [0.717, 1.165) is 23.0 Å². The molecule has 8 heteroatoms. The largest absolute Gasteiger partial charge is 0.454 e. The van der Waals surface area contributed by atoms with Crippen molar-refractivity contribution in [3.63, 3.8) is 0 Å². The number of fused-ring (bicyclic) bond motifs is 6. The second kappa shape index (κ2) is 7.35. The normalized spacial score (nSPS) is 27.7. The Morgan fingerprint density at radius 3 is 2.69 bits per heavy atom. The Hall–Kier alpha value is -2.84. The first-order chi connectivity index (χ1) is 15.5. The van der Waals surface area contributed by atoms with Crippen molar-refractivity contribution in [3.05, 3.63) is 69.2 Å². The summed E-state index contributed by atoms with van der Waals surface area (Å²) < 4.78 is 23.7. The lowest BCUT2D eigenvalue weighted by molar-refractivity contribution is -0.0457. The highest BCUT2D eigenvalue weighted by molar-refractivity contribution is 9.10. The van der Waals surface area contributed by atoms with Gasteiger partial charge in [-0.2, -0.15) is 0 Å². The van der Waals surface area contributed by atoms with Crippen LogP contribution in [0.4, 0.5) is 0 Å². The number of halogens is 1. The highest BCUT2D eigenvalue weighted by Crippen LogP contribution is 2.49. The molecule has 0 saturated carbocycles. The number of ether oxygens (including phenoxy) is 4. The second-order valence-electron chi connectivity index (χ2n) is 8.48. The second-order valence-corrected chi connectivity index (χ2v) is 9.40. The average molecular weight is 498 g/mol. The molecule has 0 bridgehead atoms. The molecule has 0 N–H and O–H groups in total. The van der Waals surface area contributed by atoms with Crippen molar-refractivity contribution in [2.45, 2.75) is 30.6 Å². The minimum atomic E-state index is -0.670. The summed E-state index contributed by atoms with van der Waals surface area (Å²) in [6, 6.07) is 10.6. The summed E-state index contributed by atoms with van der Waals surface area (Å²) in [4.78, 5) is 28.1. The molecule has 0 aromatic heterocycles. The van der Waals surface area contributed by atoms with Crippen molar-refractivity contribution < 1.29 is 28.5 Å². The molecule has 6 rings (SSSR count). The van der Waals surface area contributed by atoms with Gasteiger partial charge in [-0.1, -0.05) is 21.5 Å². The third kappa shape index (κ3) is 3.04. The lowest BCUT2D eigenvalue weighted by atomic mass is 9.73. The van der Waals surface area contributed by atoms with E-state index in [1.165, 1.54) is 5.57 Å². The van der Waals surface area contributed by atoms with Crippen LogP contribution in [0.5, 0.6) is 11.5 Å². The number of rotatable bonds is 2. The summed E-state index contributed by atoms with van der Waals surface area (Å²) in [5.41, 5.74) is 2.98. The van der Waals surface area contributed by atoms with E-state index in [1.807, 2.05) is 12.1 Å². The molecule has 1 fully saturated rings. The van der Waals surface area contributed by atoms with Gasteiger partial charge in [-0.05, 0) is 61.5 Å². The Bertz CT molecular complexity index is 1160. The molecule has 4 aliphatic rings. The van der Waals surface area contributed by atoms with Gasteiger partial charge in [0, 0.05) is 23.0 Å². The summed E-state index contributed by atoms with van der Waals surface area (Å²) in [6.45, 7) is 1.02. The van der Waals surface area contributed by atoms with Gasteiger partial charge in [0.05, 0.1) is 11.1 Å². The van der Waals surface area contributed by atoms with Crippen LogP contribution in [0, 0.1) is 0 Å². The van der Waals surface area contributed by atoms with Crippen molar-refractivity contribution in [3.8, 4) is 11.5 Å². The van der Waals surface area contributed by atoms with Crippen molar-refractivity contribution in [1.29, 1.82) is 0 Å². The zero-order valence-electron chi connectivity index (χ0n) is 17.2. The summed E-state index contributed by atoms with van der Waals surface area (Å²) in [5, 5.41) is 0. The third-order valence-corrected chi connectivity index (χ3v) is 7.22. The van der Waals surface area contributed by atoms with Gasteiger partial charge in [0.1, 0.15) is 0 Å². The number of hydrogen-bond donors (Lipinski definition) is 0. The first kappa shape index (κ1) is 19.8. The van der Waals surface area contributed by atoms with Gasteiger partial charge in [-0.3, -0.25) is 4.90 Å². The predicted molar refractivity (Wildman–Crippen MR) is 117 cm³/mol. The first-order valence-corrected chi connectivity index (χ1v) is 11.3. The van der Waals surface area contributed by atoms with Gasteiger partial charge >= 0.3 is 11.9 Å². The number of carbonyl (C=O) groups is 2. The van der Waals surface area contributed by atoms with E-state index in [-0.39, 0.29) is 18.8 Å². The molecule has 3 heterocycles. The lowest BCUT2D eigenvalue weighted by Crippen LogP contribution is -2.52. The van der Waals surface area contributed by atoms with Crippen LogP contribution < -0.4 is 9.47 Å². The molecular formula is C24H20BrNO6. The van der Waals surface area contributed by atoms with Gasteiger partial charge < -0.3 is 18.9 Å². The molecular weight excluding hydrogens is 478 g/mol. The smallest absolute Gasteiger partial charge is 0.339 e. The molecule has 0 amide bonds. The summed E-state index contributed by atoms with van der Waals surface area (Å²) in [6.07, 6.45) is 1.56. The SMILES string of the molecule is CN1CCC2=C[C@H](OC(=O)c3ccc(Br)cc3)[C@H]3OC(=O)c4cc5c(cc4[C@H]3[C@@H]21)OCO5. The molecule has 164 valence electrons. The zero-order valence-corrected chi connectivity index (χ0v) is 18.8. The van der Waals surface area contributed by atoms with Gasteiger partial charge in [0.2, 0.25) is 6.79 Å². The average Bonchev–Trinajstić information content (AvgIpc) is 3.39. The van der Waals surface area contributed by atoms with E-state index >= 15 is 0 Å². The van der Waals surface area contributed by atoms with Crippen LogP contribution in [0.2, 0.25) is 0 Å². The fourth-order valence-electron chi connectivity index (χ4n) is 5.22. The standard InChI is InChI=1S/C24H20BrNO6/c1-26-7-6-13-8-19(31-23(27)12-2-4-14(25)5-3-12)22-20(21(13)26)15-9-17-18(30-11-29-17)10-16(15)24(28)32-22/h2-5,8-10,19-22H,6-7,11H2,1H3/t19-,20-,21+,22+/m0/s1. The van der Waals surface area contributed by atoms with Crippen LogP contribution in [-0.2, 0) is 9.47 Å². The van der Waals surface area contributed by atoms with Crippen molar-refractivity contribution in [2.24, 2.45) is 0 Å². The fraction of sp³-hybridized carbons (Fsp3) is 0.333. The number of esters is 2. The highest BCUT2D eigenvalue weighted by atomic mass is 79.9. The van der Waals surface area contributed by atoms with Gasteiger partial charge in [-0.25, -0.2) is 9.59 Å². The maximum absolute atomic E-state index is 13.0. The van der Waals surface area contributed by atoms with E-state index < -0.39 is 24.1 Å². The Morgan fingerprint density at radius 2 is 1.91 bits per heavy atom. The molecule has 7 nitrogen and oxygen atoms in total. The number of carbonyl (C=O) groups excluding carboxylic acids is 2. The number of hydrogen-bond acceptors (Lipinski definition) is 7. The highest BCUT2D eigenvalue weighted by Gasteiger charge is 2.52. The van der Waals surface area contributed by atoms with Crippen LogP contribution in [0.1, 0.15) is 38.6 Å². The fourth-order valence-corrected chi connectivity index (χ4v) is 5.48. The van der Waals surface area contributed by atoms with Crippen LogP contribution in [0.3, 0.4) is 0 Å². The van der Waals surface area contributed by atoms with Crippen molar-refractivity contribution >= 4 is 27.9 Å². The summed E-state index contributed by atoms with van der Waals surface area (Å²) >= 11 is 3.38. The Kier molecular flexibility index (Phi) is 4.55. The van der Waals surface area contributed by atoms with E-state index in [2.05, 4.69) is 27.9 Å². The maximum atomic E-state index is 13.0. The Labute approximate surface area is 193 Å². The van der Waals surface area contributed by atoms with E-state index in [9.17, 15) is 9.59 Å². The van der Waals surface area contributed by atoms with Crippen molar-refractivity contribution in [2.75, 3.05) is 20.4 Å². The predicted octanol–water partition coefficient (Wildman–Crippen LogP) is 3.67. The topological polar surface area (TPSA) is 74.3 Å². The third-order valence-electron chi connectivity index (χ3n) is 6.69. The maximum Gasteiger partial charge on any atom is 0.339 e. The van der Waals surface area contributed by atoms with Crippen LogP contribution >= 0.6 is 15.9 Å². The number of likely N-dealkylation sites (tertiary alicyclic amines) is 1. The molecule has 2 aromatic rings. The Balaban J connectivity index is 1.41.